The molecule has 8 heteroatoms. The van der Waals surface area contributed by atoms with Crippen LogP contribution in [-0.2, 0) is 28.7 Å². The molecule has 0 unspecified atom stereocenters. The number of rotatable bonds is 10. The summed E-state index contributed by atoms with van der Waals surface area (Å²) in [5.74, 6) is -0.512. The second kappa shape index (κ2) is 10.4. The summed E-state index contributed by atoms with van der Waals surface area (Å²) in [7, 11) is 1.48. The van der Waals surface area contributed by atoms with Crippen molar-refractivity contribution in [2.45, 2.75) is 51.4 Å². The Labute approximate surface area is 185 Å². The molecule has 0 spiro atoms. The summed E-state index contributed by atoms with van der Waals surface area (Å²) in [6.45, 7) is 3.03. The van der Waals surface area contributed by atoms with Crippen LogP contribution in [0.1, 0.15) is 42.9 Å². The van der Waals surface area contributed by atoms with Gasteiger partial charge in [-0.05, 0) is 60.7 Å². The van der Waals surface area contributed by atoms with Gasteiger partial charge in [-0.25, -0.2) is 0 Å². The lowest BCUT2D eigenvalue weighted by Crippen LogP contribution is -2.41. The summed E-state index contributed by atoms with van der Waals surface area (Å²) in [4.78, 5) is 13.2. The maximum atomic E-state index is 13.5. The summed E-state index contributed by atoms with van der Waals surface area (Å²) in [6, 6.07) is 8.92. The molecule has 3 rings (SSSR count). The number of hydrogen-bond acceptors (Lipinski definition) is 4. The second-order valence-corrected chi connectivity index (χ2v) is 7.93. The van der Waals surface area contributed by atoms with Crippen LogP contribution in [0.3, 0.4) is 0 Å². The molecule has 1 aliphatic carbocycles. The van der Waals surface area contributed by atoms with Crippen LogP contribution in [0.5, 0.6) is 5.75 Å². The van der Waals surface area contributed by atoms with Gasteiger partial charge in [-0.3, -0.25) is 9.69 Å². The van der Waals surface area contributed by atoms with E-state index in [1.54, 1.807) is 18.2 Å². The molecule has 1 N–H and O–H groups in total. The molecule has 174 valence electrons. The number of benzene rings is 2. The van der Waals surface area contributed by atoms with Crippen molar-refractivity contribution in [2.75, 3.05) is 20.4 Å². The van der Waals surface area contributed by atoms with Crippen molar-refractivity contribution in [3.63, 3.8) is 0 Å². The molecule has 1 saturated carbocycles. The van der Waals surface area contributed by atoms with Gasteiger partial charge in [0.15, 0.2) is 0 Å². The Kier molecular flexibility index (Phi) is 7.79. The van der Waals surface area contributed by atoms with Gasteiger partial charge in [-0.1, -0.05) is 18.6 Å². The van der Waals surface area contributed by atoms with E-state index in [2.05, 4.69) is 4.90 Å². The van der Waals surface area contributed by atoms with Crippen LogP contribution >= 0.6 is 0 Å². The molecule has 0 bridgehead atoms. The minimum absolute atomic E-state index is 0.189. The van der Waals surface area contributed by atoms with E-state index in [9.17, 15) is 18.0 Å². The summed E-state index contributed by atoms with van der Waals surface area (Å²) in [6.07, 6.45) is -1.60. The number of aliphatic carboxylic acids is 1. The van der Waals surface area contributed by atoms with Crippen LogP contribution in [0.4, 0.5) is 13.2 Å². The summed E-state index contributed by atoms with van der Waals surface area (Å²) in [5.41, 5.74) is 1.48. The molecular formula is C24H28F3NO4. The van der Waals surface area contributed by atoms with E-state index in [0.717, 1.165) is 25.3 Å². The Morgan fingerprint density at radius 2 is 1.91 bits per heavy atom. The molecule has 0 heterocycles. The molecule has 0 radical (unpaired) electrons. The van der Waals surface area contributed by atoms with E-state index < -0.39 is 17.7 Å². The molecule has 32 heavy (non-hydrogen) atoms. The van der Waals surface area contributed by atoms with E-state index in [-0.39, 0.29) is 19.0 Å². The number of nitrogens with zero attached hydrogens (tertiary/aromatic N) is 1. The Morgan fingerprint density at radius 3 is 2.47 bits per heavy atom. The Morgan fingerprint density at radius 1 is 1.16 bits per heavy atom. The van der Waals surface area contributed by atoms with Crippen LogP contribution in [0, 0.1) is 0 Å². The molecule has 2 aromatic carbocycles. The number of ether oxygens (including phenoxy) is 2. The highest BCUT2D eigenvalue weighted by molar-refractivity contribution is 5.77. The van der Waals surface area contributed by atoms with Crippen LogP contribution < -0.4 is 4.74 Å². The molecule has 1 fully saturated rings. The topological polar surface area (TPSA) is 59.0 Å². The van der Waals surface area contributed by atoms with Gasteiger partial charge in [0.05, 0.1) is 25.8 Å². The van der Waals surface area contributed by atoms with Gasteiger partial charge in [0.2, 0.25) is 0 Å². The molecule has 0 amide bonds. The van der Waals surface area contributed by atoms with E-state index >= 15 is 0 Å². The minimum Gasteiger partial charge on any atom is -0.496 e. The third-order valence-electron chi connectivity index (χ3n) is 5.77. The van der Waals surface area contributed by atoms with Gasteiger partial charge in [0.1, 0.15) is 5.75 Å². The number of carbonyl (C=O) groups is 1. The number of methoxy groups -OCH3 is 1. The predicted molar refractivity (Wildman–Crippen MR) is 114 cm³/mol. The highest BCUT2D eigenvalue weighted by Crippen LogP contribution is 2.38. The van der Waals surface area contributed by atoms with Crippen molar-refractivity contribution in [2.24, 2.45) is 0 Å². The smallest absolute Gasteiger partial charge is 0.416 e. The molecule has 1 aliphatic rings. The fraction of sp³-hybridized carbons (Fsp3) is 0.458. The van der Waals surface area contributed by atoms with Crippen molar-refractivity contribution in [1.29, 1.82) is 0 Å². The van der Waals surface area contributed by atoms with E-state index in [1.807, 2.05) is 6.92 Å². The normalized spacial score (nSPS) is 14.4. The Hall–Kier alpha value is -2.58. The van der Waals surface area contributed by atoms with Crippen molar-refractivity contribution in [3.05, 3.63) is 53.1 Å². The zero-order valence-electron chi connectivity index (χ0n) is 18.2. The van der Waals surface area contributed by atoms with Crippen molar-refractivity contribution in [3.8, 4) is 16.9 Å². The summed E-state index contributed by atoms with van der Waals surface area (Å²) in [5, 5.41) is 9.15. The molecular weight excluding hydrogens is 423 g/mol. The fourth-order valence-corrected chi connectivity index (χ4v) is 3.87. The van der Waals surface area contributed by atoms with Crippen LogP contribution in [0.25, 0.3) is 11.1 Å². The van der Waals surface area contributed by atoms with Crippen LogP contribution in [0.15, 0.2) is 36.4 Å². The van der Waals surface area contributed by atoms with Gasteiger partial charge in [0.25, 0.3) is 0 Å². The Bertz CT molecular complexity index is 941. The van der Waals surface area contributed by atoms with Crippen LogP contribution in [-0.4, -0.2) is 42.5 Å². The summed E-state index contributed by atoms with van der Waals surface area (Å²) >= 11 is 0. The quantitative estimate of drug-likeness (QED) is 0.493. The molecule has 0 atom stereocenters. The maximum Gasteiger partial charge on any atom is 0.416 e. The largest absolute Gasteiger partial charge is 0.496 e. The van der Waals surface area contributed by atoms with Gasteiger partial charge >= 0.3 is 12.1 Å². The number of alkyl halides is 3. The zero-order valence-corrected chi connectivity index (χ0v) is 18.2. The first-order valence-corrected chi connectivity index (χ1v) is 10.6. The van der Waals surface area contributed by atoms with E-state index in [1.165, 1.54) is 19.2 Å². The van der Waals surface area contributed by atoms with E-state index in [0.29, 0.717) is 41.3 Å². The van der Waals surface area contributed by atoms with E-state index in [4.69, 9.17) is 14.6 Å². The lowest BCUT2D eigenvalue weighted by atomic mass is 9.90. The number of carboxylic acids is 1. The highest BCUT2D eigenvalue weighted by Gasteiger charge is 2.32. The molecule has 0 saturated heterocycles. The molecule has 2 aromatic rings. The SMILES string of the molecule is CCOCN(Cc1cc(C(F)(F)F)ccc1-c1cc(CC(=O)O)ccc1OC)C1CCC1. The lowest BCUT2D eigenvalue weighted by Gasteiger charge is -2.37. The average Bonchev–Trinajstić information content (AvgIpc) is 2.69. The monoisotopic (exact) mass is 451 g/mol. The molecule has 0 aromatic heterocycles. The minimum atomic E-state index is -4.47. The van der Waals surface area contributed by atoms with Crippen molar-refractivity contribution >= 4 is 5.97 Å². The fourth-order valence-electron chi connectivity index (χ4n) is 3.87. The number of hydrogen-bond donors (Lipinski definition) is 1. The first kappa shape index (κ1) is 24.1. The van der Waals surface area contributed by atoms with Crippen molar-refractivity contribution < 1.29 is 32.5 Å². The molecule has 0 aliphatic heterocycles. The van der Waals surface area contributed by atoms with Crippen LogP contribution in [0.2, 0.25) is 0 Å². The first-order valence-electron chi connectivity index (χ1n) is 10.6. The third kappa shape index (κ3) is 5.81. The number of carboxylic acid groups (broad SMARTS) is 1. The first-order chi connectivity index (χ1) is 15.2. The predicted octanol–water partition coefficient (Wildman–Crippen LogP) is 5.36. The second-order valence-electron chi connectivity index (χ2n) is 7.93. The summed E-state index contributed by atoms with van der Waals surface area (Å²) < 4.78 is 51.6. The molecule has 5 nitrogen and oxygen atoms in total. The number of halogens is 3. The van der Waals surface area contributed by atoms with Gasteiger partial charge < -0.3 is 14.6 Å². The van der Waals surface area contributed by atoms with Gasteiger partial charge in [-0.15, -0.1) is 0 Å². The zero-order chi connectivity index (χ0) is 23.3. The van der Waals surface area contributed by atoms with Crippen molar-refractivity contribution in [1.82, 2.24) is 4.90 Å². The highest BCUT2D eigenvalue weighted by atomic mass is 19.4. The lowest BCUT2D eigenvalue weighted by molar-refractivity contribution is -0.138. The average molecular weight is 451 g/mol. The van der Waals surface area contributed by atoms with Gasteiger partial charge in [-0.2, -0.15) is 13.2 Å². The standard InChI is InChI=1S/C24H28F3NO4/c1-3-32-15-28(19-5-4-6-19)14-17-13-18(24(25,26)27)8-9-20(17)21-11-16(12-23(29)30)7-10-22(21)31-2/h7-11,13,19H,3-6,12,14-15H2,1-2H3,(H,29,30). The maximum absolute atomic E-state index is 13.5. The Balaban J connectivity index is 2.08. The van der Waals surface area contributed by atoms with Gasteiger partial charge in [0, 0.05) is 24.8 Å². The third-order valence-corrected chi connectivity index (χ3v) is 5.77.